The Balaban J connectivity index is 3.50. The second-order valence-corrected chi connectivity index (χ2v) is 3.89. The van der Waals surface area contributed by atoms with Gasteiger partial charge in [-0.2, -0.15) is 0 Å². The van der Waals surface area contributed by atoms with Crippen molar-refractivity contribution >= 4 is 17.0 Å². The number of carboxylic acid groups (broad SMARTS) is 1. The summed E-state index contributed by atoms with van der Waals surface area (Å²) in [5.41, 5.74) is 0. The fraction of sp³-hybridized carbons (Fsp3) is 0.800. The number of nitrogens with one attached hydrogen (secondary N) is 1. The molecule has 2 N–H and O–H groups in total. The van der Waals surface area contributed by atoms with Gasteiger partial charge >= 0.3 is 5.97 Å². The quantitative estimate of drug-likeness (QED) is 0.602. The predicted octanol–water partition coefficient (Wildman–Crippen LogP) is -0.267. The standard InChI is InChI=1S/C5H11NO3S/c1-4(2)10(9)6-3-5(7)8/h4,6H,3H2,1-2H3,(H,7,8). The molecule has 0 aromatic rings. The fourth-order valence-corrected chi connectivity index (χ4v) is 0.899. The van der Waals surface area contributed by atoms with Crippen LogP contribution >= 0.6 is 0 Å². The van der Waals surface area contributed by atoms with Crippen LogP contribution in [-0.4, -0.2) is 27.1 Å². The van der Waals surface area contributed by atoms with Crippen molar-refractivity contribution in [1.29, 1.82) is 0 Å². The van der Waals surface area contributed by atoms with E-state index in [1.54, 1.807) is 13.8 Å². The lowest BCUT2D eigenvalue weighted by Gasteiger charge is -2.03. The molecule has 0 aromatic heterocycles. The Bertz CT molecular complexity index is 146. The molecule has 0 amide bonds. The third-order valence-corrected chi connectivity index (χ3v) is 2.08. The first-order chi connectivity index (χ1) is 4.54. The Hall–Kier alpha value is -0.420. The van der Waals surface area contributed by atoms with Crippen LogP contribution in [0.15, 0.2) is 0 Å². The van der Waals surface area contributed by atoms with Gasteiger partial charge in [-0.1, -0.05) is 0 Å². The highest BCUT2D eigenvalue weighted by Crippen LogP contribution is 1.87. The number of aliphatic carboxylic acids is 1. The Labute approximate surface area is 62.2 Å². The zero-order valence-corrected chi connectivity index (χ0v) is 6.77. The second-order valence-electron chi connectivity index (χ2n) is 2.06. The summed E-state index contributed by atoms with van der Waals surface area (Å²) in [6, 6.07) is 0. The summed E-state index contributed by atoms with van der Waals surface area (Å²) in [5.74, 6) is -0.992. The van der Waals surface area contributed by atoms with Crippen LogP contribution in [0.3, 0.4) is 0 Å². The van der Waals surface area contributed by atoms with Crippen molar-refractivity contribution in [3.05, 3.63) is 0 Å². The van der Waals surface area contributed by atoms with Crippen molar-refractivity contribution in [2.75, 3.05) is 6.54 Å². The highest BCUT2D eigenvalue weighted by Gasteiger charge is 2.05. The molecular weight excluding hydrogens is 154 g/mol. The van der Waals surface area contributed by atoms with Crippen LogP contribution in [0.2, 0.25) is 0 Å². The zero-order valence-electron chi connectivity index (χ0n) is 5.96. The largest absolute Gasteiger partial charge is 0.480 e. The molecule has 0 saturated heterocycles. The van der Waals surface area contributed by atoms with Gasteiger partial charge in [-0.15, -0.1) is 0 Å². The van der Waals surface area contributed by atoms with E-state index in [9.17, 15) is 9.00 Å². The summed E-state index contributed by atoms with van der Waals surface area (Å²) in [5, 5.41) is 8.10. The molecule has 0 spiro atoms. The molecule has 0 aliphatic rings. The smallest absolute Gasteiger partial charge is 0.318 e. The summed E-state index contributed by atoms with van der Waals surface area (Å²) in [7, 11) is -1.22. The van der Waals surface area contributed by atoms with Gasteiger partial charge in [0.1, 0.15) is 6.54 Å². The predicted molar refractivity (Wildman–Crippen MR) is 38.9 cm³/mol. The first-order valence-corrected chi connectivity index (χ1v) is 4.11. The van der Waals surface area contributed by atoms with Gasteiger partial charge in [0, 0.05) is 5.25 Å². The Morgan fingerprint density at radius 3 is 2.50 bits per heavy atom. The van der Waals surface area contributed by atoms with Crippen LogP contribution in [0.4, 0.5) is 0 Å². The maximum atomic E-state index is 10.8. The Morgan fingerprint density at radius 2 is 2.20 bits per heavy atom. The van der Waals surface area contributed by atoms with Crippen LogP contribution in [0.25, 0.3) is 0 Å². The SMILES string of the molecule is CC(C)S(=O)NCC(=O)O. The van der Waals surface area contributed by atoms with E-state index in [2.05, 4.69) is 4.72 Å². The molecular formula is C5H11NO3S. The lowest BCUT2D eigenvalue weighted by atomic mass is 10.6. The summed E-state index contributed by atoms with van der Waals surface area (Å²) >= 11 is 0. The summed E-state index contributed by atoms with van der Waals surface area (Å²) in [6.07, 6.45) is 0. The van der Waals surface area contributed by atoms with Crippen molar-refractivity contribution in [2.24, 2.45) is 0 Å². The minimum absolute atomic E-state index is 0.0423. The molecule has 0 heterocycles. The molecule has 0 rings (SSSR count). The first kappa shape index (κ1) is 9.58. The molecule has 0 aliphatic carbocycles. The van der Waals surface area contributed by atoms with Crippen LogP contribution < -0.4 is 4.72 Å². The van der Waals surface area contributed by atoms with E-state index in [-0.39, 0.29) is 11.8 Å². The van der Waals surface area contributed by atoms with Crippen molar-refractivity contribution in [2.45, 2.75) is 19.1 Å². The highest BCUT2D eigenvalue weighted by atomic mass is 32.2. The van der Waals surface area contributed by atoms with Crippen molar-refractivity contribution in [1.82, 2.24) is 4.72 Å². The molecule has 60 valence electrons. The molecule has 0 aromatic carbocycles. The van der Waals surface area contributed by atoms with Gasteiger partial charge in [0.2, 0.25) is 0 Å². The number of hydrogen-bond donors (Lipinski definition) is 2. The van der Waals surface area contributed by atoms with Crippen LogP contribution in [0.1, 0.15) is 13.8 Å². The summed E-state index contributed by atoms with van der Waals surface area (Å²) in [4.78, 5) is 9.93. The minimum Gasteiger partial charge on any atom is -0.480 e. The van der Waals surface area contributed by atoms with Crippen molar-refractivity contribution in [3.8, 4) is 0 Å². The van der Waals surface area contributed by atoms with E-state index in [0.717, 1.165) is 0 Å². The minimum atomic E-state index is -1.22. The van der Waals surface area contributed by atoms with E-state index in [1.807, 2.05) is 0 Å². The highest BCUT2D eigenvalue weighted by molar-refractivity contribution is 7.83. The summed E-state index contributed by atoms with van der Waals surface area (Å²) < 4.78 is 13.1. The Kier molecular flexibility index (Phi) is 4.22. The van der Waals surface area contributed by atoms with Crippen LogP contribution in [0.5, 0.6) is 0 Å². The number of carbonyl (C=O) groups is 1. The lowest BCUT2D eigenvalue weighted by Crippen LogP contribution is -2.29. The van der Waals surface area contributed by atoms with Crippen molar-refractivity contribution < 1.29 is 14.1 Å². The molecule has 0 aliphatic heterocycles. The van der Waals surface area contributed by atoms with Gasteiger partial charge in [0.05, 0.1) is 11.0 Å². The second kappa shape index (κ2) is 4.40. The molecule has 0 bridgehead atoms. The van der Waals surface area contributed by atoms with Gasteiger partial charge < -0.3 is 5.11 Å². The van der Waals surface area contributed by atoms with Gasteiger partial charge in [-0.3, -0.25) is 4.79 Å². The van der Waals surface area contributed by atoms with Crippen LogP contribution in [-0.2, 0) is 15.8 Å². The normalized spacial score (nSPS) is 13.5. The maximum Gasteiger partial charge on any atom is 0.318 e. The molecule has 0 saturated carbocycles. The van der Waals surface area contributed by atoms with E-state index in [0.29, 0.717) is 0 Å². The van der Waals surface area contributed by atoms with E-state index >= 15 is 0 Å². The number of hydrogen-bond acceptors (Lipinski definition) is 2. The monoisotopic (exact) mass is 165 g/mol. The van der Waals surface area contributed by atoms with E-state index in [1.165, 1.54) is 0 Å². The van der Waals surface area contributed by atoms with Gasteiger partial charge in [-0.25, -0.2) is 8.93 Å². The molecule has 10 heavy (non-hydrogen) atoms. The topological polar surface area (TPSA) is 66.4 Å². The van der Waals surface area contributed by atoms with Crippen LogP contribution in [0, 0.1) is 0 Å². The average molecular weight is 165 g/mol. The molecule has 4 nitrogen and oxygen atoms in total. The number of carboxylic acids is 1. The maximum absolute atomic E-state index is 10.8. The molecule has 1 unspecified atom stereocenters. The fourth-order valence-electron chi connectivity index (χ4n) is 0.300. The number of rotatable bonds is 4. The van der Waals surface area contributed by atoms with Crippen molar-refractivity contribution in [3.63, 3.8) is 0 Å². The average Bonchev–Trinajstić information content (AvgIpc) is 1.82. The lowest BCUT2D eigenvalue weighted by molar-refractivity contribution is -0.135. The molecule has 0 fully saturated rings. The van der Waals surface area contributed by atoms with Gasteiger partial charge in [-0.05, 0) is 13.8 Å². The van der Waals surface area contributed by atoms with Gasteiger partial charge in [0.15, 0.2) is 0 Å². The third-order valence-electron chi connectivity index (χ3n) is 0.794. The third kappa shape index (κ3) is 4.46. The first-order valence-electron chi connectivity index (χ1n) is 2.90. The summed E-state index contributed by atoms with van der Waals surface area (Å²) in [6.45, 7) is 3.26. The zero-order chi connectivity index (χ0) is 8.15. The molecule has 1 atom stereocenters. The van der Waals surface area contributed by atoms with E-state index < -0.39 is 17.0 Å². The van der Waals surface area contributed by atoms with Gasteiger partial charge in [0.25, 0.3) is 0 Å². The Morgan fingerprint density at radius 1 is 1.70 bits per heavy atom. The molecule has 5 heteroatoms. The van der Waals surface area contributed by atoms with E-state index in [4.69, 9.17) is 5.11 Å². The molecule has 0 radical (unpaired) electrons.